The van der Waals surface area contributed by atoms with Crippen molar-refractivity contribution in [3.63, 3.8) is 0 Å². The molecular formula is C10H15N3O3S. The maximum Gasteiger partial charge on any atom is 0.247 e. The van der Waals surface area contributed by atoms with Gasteiger partial charge in [0.25, 0.3) is 0 Å². The van der Waals surface area contributed by atoms with E-state index in [1.807, 2.05) is 0 Å². The summed E-state index contributed by atoms with van der Waals surface area (Å²) in [5.41, 5.74) is 5.58. The zero-order valence-electron chi connectivity index (χ0n) is 9.28. The highest BCUT2D eigenvalue weighted by Crippen LogP contribution is 2.27. The summed E-state index contributed by atoms with van der Waals surface area (Å²) in [6, 6.07) is 2.62. The van der Waals surface area contributed by atoms with E-state index in [0.29, 0.717) is 13.0 Å². The summed E-state index contributed by atoms with van der Waals surface area (Å²) >= 11 is 0. The van der Waals surface area contributed by atoms with E-state index >= 15 is 0 Å². The lowest BCUT2D eigenvalue weighted by Gasteiger charge is -2.22. The SMILES string of the molecule is Nc1ncccc1S(=O)(=O)N1CCC[C@H]1CO. The molecule has 1 saturated heterocycles. The number of nitrogens with two attached hydrogens (primary N) is 1. The van der Waals surface area contributed by atoms with Gasteiger partial charge in [-0.25, -0.2) is 13.4 Å². The Morgan fingerprint density at radius 2 is 2.35 bits per heavy atom. The molecule has 0 aromatic carbocycles. The van der Waals surface area contributed by atoms with Gasteiger partial charge in [-0.1, -0.05) is 0 Å². The van der Waals surface area contributed by atoms with Crippen LogP contribution in [0.5, 0.6) is 0 Å². The monoisotopic (exact) mass is 257 g/mol. The predicted molar refractivity (Wildman–Crippen MR) is 62.6 cm³/mol. The van der Waals surface area contributed by atoms with E-state index in [9.17, 15) is 8.42 Å². The first-order valence-corrected chi connectivity index (χ1v) is 6.84. The maximum atomic E-state index is 12.3. The van der Waals surface area contributed by atoms with Gasteiger partial charge in [0, 0.05) is 18.8 Å². The Hall–Kier alpha value is -1.18. The van der Waals surface area contributed by atoms with Crippen molar-refractivity contribution >= 4 is 15.8 Å². The zero-order valence-corrected chi connectivity index (χ0v) is 10.1. The molecule has 0 amide bonds. The lowest BCUT2D eigenvalue weighted by molar-refractivity contribution is 0.213. The molecule has 1 aliphatic heterocycles. The third-order valence-corrected chi connectivity index (χ3v) is 4.92. The summed E-state index contributed by atoms with van der Waals surface area (Å²) in [6.07, 6.45) is 2.88. The number of rotatable bonds is 3. The molecule has 0 radical (unpaired) electrons. The standard InChI is InChI=1S/C10H15N3O3S/c11-10-9(4-1-5-12-10)17(15,16)13-6-2-3-8(13)7-14/h1,4-5,8,14H,2-3,6-7H2,(H2,11,12)/t8-/m0/s1. The third-order valence-electron chi connectivity index (χ3n) is 2.92. The van der Waals surface area contributed by atoms with Crippen molar-refractivity contribution in [3.05, 3.63) is 18.3 Å². The second kappa shape index (κ2) is 4.59. The van der Waals surface area contributed by atoms with Crippen LogP contribution in [-0.2, 0) is 10.0 Å². The van der Waals surface area contributed by atoms with E-state index in [0.717, 1.165) is 6.42 Å². The highest BCUT2D eigenvalue weighted by atomic mass is 32.2. The van der Waals surface area contributed by atoms with Crippen molar-refractivity contribution in [2.75, 3.05) is 18.9 Å². The summed E-state index contributed by atoms with van der Waals surface area (Å²) in [6.45, 7) is 0.251. The van der Waals surface area contributed by atoms with Crippen LogP contribution in [0.25, 0.3) is 0 Å². The number of aliphatic hydroxyl groups is 1. The molecule has 94 valence electrons. The Morgan fingerprint density at radius 3 is 3.00 bits per heavy atom. The Bertz CT molecular complexity index is 503. The normalized spacial score (nSPS) is 21.8. The van der Waals surface area contributed by atoms with Crippen LogP contribution >= 0.6 is 0 Å². The van der Waals surface area contributed by atoms with Gasteiger partial charge in [0.05, 0.1) is 6.61 Å². The summed E-state index contributed by atoms with van der Waals surface area (Å²) in [5, 5.41) is 9.16. The Morgan fingerprint density at radius 1 is 1.59 bits per heavy atom. The summed E-state index contributed by atoms with van der Waals surface area (Å²) in [7, 11) is -3.64. The average molecular weight is 257 g/mol. The first-order chi connectivity index (χ1) is 8.07. The van der Waals surface area contributed by atoms with Crippen LogP contribution < -0.4 is 5.73 Å². The van der Waals surface area contributed by atoms with E-state index in [1.54, 1.807) is 0 Å². The van der Waals surface area contributed by atoms with Crippen molar-refractivity contribution in [2.45, 2.75) is 23.8 Å². The average Bonchev–Trinajstić information content (AvgIpc) is 2.78. The highest BCUT2D eigenvalue weighted by Gasteiger charge is 2.35. The van der Waals surface area contributed by atoms with Gasteiger partial charge < -0.3 is 10.8 Å². The number of hydrogen-bond acceptors (Lipinski definition) is 5. The van der Waals surface area contributed by atoms with Gasteiger partial charge in [-0.2, -0.15) is 4.31 Å². The molecule has 0 aliphatic carbocycles. The fourth-order valence-corrected chi connectivity index (χ4v) is 3.81. The number of aromatic nitrogens is 1. The molecule has 17 heavy (non-hydrogen) atoms. The topological polar surface area (TPSA) is 96.5 Å². The summed E-state index contributed by atoms with van der Waals surface area (Å²) in [5.74, 6) is -0.00362. The summed E-state index contributed by atoms with van der Waals surface area (Å²) < 4.78 is 25.9. The van der Waals surface area contributed by atoms with Gasteiger partial charge in [-0.15, -0.1) is 0 Å². The van der Waals surface area contributed by atoms with Gasteiger partial charge in [-0.05, 0) is 25.0 Å². The third kappa shape index (κ3) is 2.13. The van der Waals surface area contributed by atoms with Crippen molar-refractivity contribution in [1.82, 2.24) is 9.29 Å². The van der Waals surface area contributed by atoms with Crippen LogP contribution in [0.2, 0.25) is 0 Å². The number of nitrogens with zero attached hydrogens (tertiary/aromatic N) is 2. The van der Waals surface area contributed by atoms with Crippen molar-refractivity contribution < 1.29 is 13.5 Å². The Balaban J connectivity index is 2.40. The number of aliphatic hydroxyl groups excluding tert-OH is 1. The number of sulfonamides is 1. The molecule has 6 nitrogen and oxygen atoms in total. The number of hydrogen-bond donors (Lipinski definition) is 2. The largest absolute Gasteiger partial charge is 0.395 e. The fourth-order valence-electron chi connectivity index (χ4n) is 2.06. The molecule has 2 rings (SSSR count). The minimum Gasteiger partial charge on any atom is -0.395 e. The smallest absolute Gasteiger partial charge is 0.247 e. The van der Waals surface area contributed by atoms with E-state index < -0.39 is 10.0 Å². The quantitative estimate of drug-likeness (QED) is 0.782. The molecule has 1 atom stereocenters. The van der Waals surface area contributed by atoms with Gasteiger partial charge in [0.1, 0.15) is 10.7 Å². The van der Waals surface area contributed by atoms with Crippen LogP contribution in [0.15, 0.2) is 23.2 Å². The molecule has 3 N–H and O–H groups in total. The molecule has 0 spiro atoms. The predicted octanol–water partition coefficient (Wildman–Crippen LogP) is -0.191. The molecule has 0 bridgehead atoms. The number of pyridine rings is 1. The Labute approximate surface area is 100 Å². The van der Waals surface area contributed by atoms with Crippen molar-refractivity contribution in [3.8, 4) is 0 Å². The lowest BCUT2D eigenvalue weighted by atomic mass is 10.2. The van der Waals surface area contributed by atoms with E-state index in [1.165, 1.54) is 22.6 Å². The zero-order chi connectivity index (χ0) is 12.5. The number of anilines is 1. The van der Waals surface area contributed by atoms with Gasteiger partial charge in [-0.3, -0.25) is 0 Å². The van der Waals surface area contributed by atoms with E-state index in [2.05, 4.69) is 4.98 Å². The van der Waals surface area contributed by atoms with Crippen molar-refractivity contribution in [1.29, 1.82) is 0 Å². The second-order valence-corrected chi connectivity index (χ2v) is 5.84. The molecule has 0 unspecified atom stereocenters. The van der Waals surface area contributed by atoms with Gasteiger partial charge in [0.2, 0.25) is 10.0 Å². The first-order valence-electron chi connectivity index (χ1n) is 5.40. The molecule has 1 aromatic heterocycles. The molecule has 1 aliphatic rings. The minimum atomic E-state index is -3.64. The molecule has 2 heterocycles. The van der Waals surface area contributed by atoms with Crippen LogP contribution in [0, 0.1) is 0 Å². The maximum absolute atomic E-state index is 12.3. The van der Waals surface area contributed by atoms with Crippen LogP contribution in [0.1, 0.15) is 12.8 Å². The van der Waals surface area contributed by atoms with Gasteiger partial charge in [0.15, 0.2) is 0 Å². The van der Waals surface area contributed by atoms with Crippen molar-refractivity contribution in [2.24, 2.45) is 0 Å². The Kier molecular flexibility index (Phi) is 3.32. The molecule has 1 fully saturated rings. The van der Waals surface area contributed by atoms with Crippen LogP contribution in [0.4, 0.5) is 5.82 Å². The van der Waals surface area contributed by atoms with Crippen LogP contribution in [-0.4, -0.2) is 42.0 Å². The van der Waals surface area contributed by atoms with Gasteiger partial charge >= 0.3 is 0 Å². The first kappa shape index (κ1) is 12.3. The number of nitrogen functional groups attached to an aromatic ring is 1. The lowest BCUT2D eigenvalue weighted by Crippen LogP contribution is -2.37. The molecule has 0 saturated carbocycles. The molecule has 1 aromatic rings. The fraction of sp³-hybridized carbons (Fsp3) is 0.500. The second-order valence-electron chi connectivity index (χ2n) is 3.98. The molecule has 7 heteroatoms. The van der Waals surface area contributed by atoms with E-state index in [-0.39, 0.29) is 23.4 Å². The minimum absolute atomic E-state index is 0.00362. The highest BCUT2D eigenvalue weighted by molar-refractivity contribution is 7.89. The molecular weight excluding hydrogens is 242 g/mol. The van der Waals surface area contributed by atoms with Crippen LogP contribution in [0.3, 0.4) is 0 Å². The summed E-state index contributed by atoms with van der Waals surface area (Å²) in [4.78, 5) is 3.79. The van der Waals surface area contributed by atoms with E-state index in [4.69, 9.17) is 10.8 Å².